The second kappa shape index (κ2) is 9.15. The Labute approximate surface area is 112 Å². The van der Waals surface area contributed by atoms with E-state index < -0.39 is 0 Å². The van der Waals surface area contributed by atoms with Crippen LogP contribution < -0.4 is 5.73 Å². The van der Waals surface area contributed by atoms with Crippen LogP contribution in [0.25, 0.3) is 0 Å². The molecule has 0 bridgehead atoms. The molecule has 1 atom stereocenters. The van der Waals surface area contributed by atoms with Gasteiger partial charge in [-0.2, -0.15) is 0 Å². The number of hydrogen-bond acceptors (Lipinski definition) is 2. The number of imidazole rings is 1. The van der Waals surface area contributed by atoms with Crippen molar-refractivity contribution in [1.29, 1.82) is 0 Å². The molecule has 3 heteroatoms. The summed E-state index contributed by atoms with van der Waals surface area (Å²) in [6.07, 6.45) is 14.0. The second-order valence-corrected chi connectivity index (χ2v) is 5.14. The van der Waals surface area contributed by atoms with Gasteiger partial charge in [-0.25, -0.2) is 4.98 Å². The minimum Gasteiger partial charge on any atom is -0.334 e. The second-order valence-electron chi connectivity index (χ2n) is 5.14. The molecule has 0 aliphatic rings. The lowest BCUT2D eigenvalue weighted by Gasteiger charge is -2.13. The molecule has 0 saturated heterocycles. The number of rotatable bonds is 10. The van der Waals surface area contributed by atoms with Crippen molar-refractivity contribution in [3.05, 3.63) is 18.2 Å². The Hall–Kier alpha value is -0.830. The first-order valence-corrected chi connectivity index (χ1v) is 7.56. The largest absolute Gasteiger partial charge is 0.334 e. The topological polar surface area (TPSA) is 43.8 Å². The van der Waals surface area contributed by atoms with Crippen molar-refractivity contribution < 1.29 is 0 Å². The van der Waals surface area contributed by atoms with E-state index in [9.17, 15) is 0 Å². The summed E-state index contributed by atoms with van der Waals surface area (Å²) >= 11 is 0. The predicted octanol–water partition coefficient (Wildman–Crippen LogP) is 4.04. The number of aryl methyl sites for hydroxylation is 1. The highest BCUT2D eigenvalue weighted by Gasteiger charge is 2.11. The van der Waals surface area contributed by atoms with Crippen molar-refractivity contribution in [2.24, 2.45) is 5.73 Å². The minimum atomic E-state index is 0.109. The van der Waals surface area contributed by atoms with Gasteiger partial charge in [-0.3, -0.25) is 0 Å². The summed E-state index contributed by atoms with van der Waals surface area (Å²) in [6, 6.07) is 0.109. The molecule has 0 saturated carbocycles. The van der Waals surface area contributed by atoms with Crippen molar-refractivity contribution in [2.75, 3.05) is 0 Å². The molecule has 0 spiro atoms. The van der Waals surface area contributed by atoms with Gasteiger partial charge >= 0.3 is 0 Å². The van der Waals surface area contributed by atoms with Gasteiger partial charge in [0.1, 0.15) is 5.82 Å². The van der Waals surface area contributed by atoms with Crippen LogP contribution in [0.5, 0.6) is 0 Å². The fraction of sp³-hybridized carbons (Fsp3) is 0.800. The van der Waals surface area contributed by atoms with Crippen LogP contribution in [0.2, 0.25) is 0 Å². The zero-order valence-electron chi connectivity index (χ0n) is 12.1. The van der Waals surface area contributed by atoms with Crippen molar-refractivity contribution in [1.82, 2.24) is 9.55 Å². The number of unbranched alkanes of at least 4 members (excludes halogenated alkanes) is 5. The number of aromatic nitrogens is 2. The fourth-order valence-electron chi connectivity index (χ4n) is 2.35. The molecule has 1 aromatic heterocycles. The standard InChI is InChI=1S/C15H29N3/c1-3-5-6-7-8-9-10-14(16)15-17-11-13-18(15)12-4-2/h11,13-14H,3-10,12,16H2,1-2H3. The number of nitrogens with zero attached hydrogens (tertiary/aromatic N) is 2. The van der Waals surface area contributed by atoms with Crippen LogP contribution in [0.15, 0.2) is 12.4 Å². The van der Waals surface area contributed by atoms with Crippen molar-refractivity contribution in [2.45, 2.75) is 77.8 Å². The molecule has 1 rings (SSSR count). The van der Waals surface area contributed by atoms with Crippen LogP contribution in [0.1, 0.15) is 77.1 Å². The van der Waals surface area contributed by atoms with E-state index in [0.29, 0.717) is 0 Å². The molecule has 0 aromatic carbocycles. The summed E-state index contributed by atoms with van der Waals surface area (Å²) in [5, 5.41) is 0. The summed E-state index contributed by atoms with van der Waals surface area (Å²) in [4.78, 5) is 4.40. The van der Waals surface area contributed by atoms with Gasteiger partial charge in [0.05, 0.1) is 6.04 Å². The third-order valence-electron chi connectivity index (χ3n) is 3.41. The zero-order chi connectivity index (χ0) is 13.2. The summed E-state index contributed by atoms with van der Waals surface area (Å²) in [5.74, 6) is 1.06. The maximum atomic E-state index is 6.23. The summed E-state index contributed by atoms with van der Waals surface area (Å²) in [6.45, 7) is 5.46. The van der Waals surface area contributed by atoms with E-state index in [2.05, 4.69) is 23.4 Å². The van der Waals surface area contributed by atoms with Gasteiger partial charge in [0.15, 0.2) is 0 Å². The Bertz CT molecular complexity index is 306. The van der Waals surface area contributed by atoms with Crippen molar-refractivity contribution in [3.63, 3.8) is 0 Å². The average molecular weight is 251 g/mol. The lowest BCUT2D eigenvalue weighted by Crippen LogP contribution is -2.16. The molecule has 104 valence electrons. The molecule has 0 amide bonds. The van der Waals surface area contributed by atoms with Crippen LogP contribution in [0, 0.1) is 0 Å². The van der Waals surface area contributed by atoms with Crippen LogP contribution >= 0.6 is 0 Å². The van der Waals surface area contributed by atoms with Crippen LogP contribution in [0.4, 0.5) is 0 Å². The SMILES string of the molecule is CCCCCCCCC(N)c1nccn1CCC. The fourth-order valence-corrected chi connectivity index (χ4v) is 2.35. The molecule has 2 N–H and O–H groups in total. The smallest absolute Gasteiger partial charge is 0.125 e. The Morgan fingerprint density at radius 3 is 2.56 bits per heavy atom. The Morgan fingerprint density at radius 2 is 1.83 bits per heavy atom. The van der Waals surface area contributed by atoms with Gasteiger partial charge < -0.3 is 10.3 Å². The monoisotopic (exact) mass is 251 g/mol. The molecule has 3 nitrogen and oxygen atoms in total. The first-order chi connectivity index (χ1) is 8.79. The third kappa shape index (κ3) is 5.21. The molecule has 0 aliphatic heterocycles. The highest BCUT2D eigenvalue weighted by atomic mass is 15.1. The average Bonchev–Trinajstić information content (AvgIpc) is 2.82. The van der Waals surface area contributed by atoms with Crippen LogP contribution in [-0.2, 0) is 6.54 Å². The van der Waals surface area contributed by atoms with E-state index >= 15 is 0 Å². The summed E-state index contributed by atoms with van der Waals surface area (Å²) < 4.78 is 2.20. The van der Waals surface area contributed by atoms with E-state index in [1.165, 1.54) is 38.5 Å². The Balaban J connectivity index is 2.23. The molecule has 0 radical (unpaired) electrons. The van der Waals surface area contributed by atoms with Gasteiger partial charge in [-0.15, -0.1) is 0 Å². The number of nitrogens with two attached hydrogens (primary N) is 1. The molecular formula is C15H29N3. The van der Waals surface area contributed by atoms with Crippen LogP contribution in [-0.4, -0.2) is 9.55 Å². The lowest BCUT2D eigenvalue weighted by molar-refractivity contribution is 0.508. The van der Waals surface area contributed by atoms with Crippen molar-refractivity contribution in [3.8, 4) is 0 Å². The van der Waals surface area contributed by atoms with E-state index in [1.54, 1.807) is 0 Å². The summed E-state index contributed by atoms with van der Waals surface area (Å²) in [5.41, 5.74) is 6.23. The minimum absolute atomic E-state index is 0.109. The molecule has 1 heterocycles. The molecular weight excluding hydrogens is 222 g/mol. The first kappa shape index (κ1) is 15.2. The van der Waals surface area contributed by atoms with E-state index in [0.717, 1.165) is 25.2 Å². The first-order valence-electron chi connectivity index (χ1n) is 7.56. The number of hydrogen-bond donors (Lipinski definition) is 1. The maximum Gasteiger partial charge on any atom is 0.125 e. The zero-order valence-corrected chi connectivity index (χ0v) is 12.1. The van der Waals surface area contributed by atoms with E-state index in [4.69, 9.17) is 5.73 Å². The van der Waals surface area contributed by atoms with E-state index in [1.807, 2.05) is 12.4 Å². The Kier molecular flexibility index (Phi) is 7.74. The highest BCUT2D eigenvalue weighted by Crippen LogP contribution is 2.17. The normalized spacial score (nSPS) is 12.8. The highest BCUT2D eigenvalue weighted by molar-refractivity contribution is 4.98. The molecule has 0 aliphatic carbocycles. The van der Waals surface area contributed by atoms with Gasteiger partial charge in [-0.1, -0.05) is 52.4 Å². The lowest BCUT2D eigenvalue weighted by atomic mass is 10.1. The maximum absolute atomic E-state index is 6.23. The Morgan fingerprint density at radius 1 is 1.11 bits per heavy atom. The van der Waals surface area contributed by atoms with Crippen LogP contribution in [0.3, 0.4) is 0 Å². The molecule has 1 unspecified atom stereocenters. The molecule has 1 aromatic rings. The van der Waals surface area contributed by atoms with E-state index in [-0.39, 0.29) is 6.04 Å². The quantitative estimate of drug-likeness (QED) is 0.638. The van der Waals surface area contributed by atoms with Gasteiger partial charge in [0.25, 0.3) is 0 Å². The van der Waals surface area contributed by atoms with Crippen molar-refractivity contribution >= 4 is 0 Å². The van der Waals surface area contributed by atoms with Gasteiger partial charge in [-0.05, 0) is 12.8 Å². The predicted molar refractivity (Wildman–Crippen MR) is 77.4 cm³/mol. The van der Waals surface area contributed by atoms with Gasteiger partial charge in [0, 0.05) is 18.9 Å². The molecule has 18 heavy (non-hydrogen) atoms. The molecule has 0 fully saturated rings. The third-order valence-corrected chi connectivity index (χ3v) is 3.41. The summed E-state index contributed by atoms with van der Waals surface area (Å²) in [7, 11) is 0. The van der Waals surface area contributed by atoms with Gasteiger partial charge in [0.2, 0.25) is 0 Å².